The molecule has 0 bridgehead atoms. The summed E-state index contributed by atoms with van der Waals surface area (Å²) in [5.41, 5.74) is 5.51. The Hall–Kier alpha value is -1.05. The molecule has 2 nitrogen and oxygen atoms in total. The zero-order valence-corrected chi connectivity index (χ0v) is 4.85. The van der Waals surface area contributed by atoms with Crippen LogP contribution in [0, 0.1) is 0 Å². The SMILES string of the molecule is C=C(N)/C=C\C(C)=O. The molecule has 0 aromatic heterocycles. The molecule has 0 atom stereocenters. The highest BCUT2D eigenvalue weighted by Crippen LogP contribution is 1.80. The molecule has 0 fully saturated rings. The predicted molar refractivity (Wildman–Crippen MR) is 33.1 cm³/mol. The lowest BCUT2D eigenvalue weighted by Crippen LogP contribution is -1.90. The first kappa shape index (κ1) is 6.95. The summed E-state index contributed by atoms with van der Waals surface area (Å²) in [4.78, 5) is 10.2. The lowest BCUT2D eigenvalue weighted by molar-refractivity contribution is -0.112. The maximum atomic E-state index is 10.2. The van der Waals surface area contributed by atoms with Crippen LogP contribution < -0.4 is 5.73 Å². The van der Waals surface area contributed by atoms with Crippen LogP contribution in [0.4, 0.5) is 0 Å². The Kier molecular flexibility index (Phi) is 2.62. The molecular formula is C6H9NO. The standard InChI is InChI=1S/C6H9NO/c1-5(7)3-4-6(2)8/h3-4H,1,7H2,2H3/b4-3-. The van der Waals surface area contributed by atoms with Crippen LogP contribution in [0.25, 0.3) is 0 Å². The Bertz CT molecular complexity index is 119. The Balaban J connectivity index is 3.67. The molecule has 0 spiro atoms. The summed E-state index contributed by atoms with van der Waals surface area (Å²) >= 11 is 0. The summed E-state index contributed by atoms with van der Waals surface area (Å²) in [6, 6.07) is 0. The van der Waals surface area contributed by atoms with E-state index in [4.69, 9.17) is 5.73 Å². The van der Waals surface area contributed by atoms with Crippen LogP contribution in [-0.2, 0) is 4.79 Å². The largest absolute Gasteiger partial charge is 0.399 e. The third-order valence-corrected chi connectivity index (χ3v) is 0.532. The van der Waals surface area contributed by atoms with Crippen molar-refractivity contribution >= 4 is 5.78 Å². The van der Waals surface area contributed by atoms with Gasteiger partial charge in [0.2, 0.25) is 0 Å². The van der Waals surface area contributed by atoms with Crippen molar-refractivity contribution in [3.05, 3.63) is 24.4 Å². The fourth-order valence-corrected chi connectivity index (χ4v) is 0.224. The third kappa shape index (κ3) is 4.95. The molecule has 0 heterocycles. The van der Waals surface area contributed by atoms with E-state index in [-0.39, 0.29) is 5.78 Å². The lowest BCUT2D eigenvalue weighted by Gasteiger charge is -1.81. The number of hydrogen-bond donors (Lipinski definition) is 1. The molecule has 0 saturated heterocycles. The zero-order valence-electron chi connectivity index (χ0n) is 4.85. The zero-order chi connectivity index (χ0) is 6.57. The van der Waals surface area contributed by atoms with Gasteiger partial charge in [0.25, 0.3) is 0 Å². The maximum Gasteiger partial charge on any atom is 0.152 e. The normalized spacial score (nSPS) is 9.62. The van der Waals surface area contributed by atoms with Crippen molar-refractivity contribution in [3.63, 3.8) is 0 Å². The molecule has 2 heteroatoms. The second-order valence-corrected chi connectivity index (χ2v) is 1.52. The second-order valence-electron chi connectivity index (χ2n) is 1.52. The Morgan fingerprint density at radius 2 is 2.12 bits per heavy atom. The van der Waals surface area contributed by atoms with Crippen molar-refractivity contribution in [2.24, 2.45) is 5.73 Å². The summed E-state index contributed by atoms with van der Waals surface area (Å²) in [6.07, 6.45) is 2.85. The highest BCUT2D eigenvalue weighted by molar-refractivity contribution is 5.87. The minimum Gasteiger partial charge on any atom is -0.399 e. The van der Waals surface area contributed by atoms with Gasteiger partial charge in [-0.25, -0.2) is 0 Å². The molecule has 0 unspecified atom stereocenters. The smallest absolute Gasteiger partial charge is 0.152 e. The van der Waals surface area contributed by atoms with Crippen molar-refractivity contribution in [2.75, 3.05) is 0 Å². The van der Waals surface area contributed by atoms with Crippen LogP contribution >= 0.6 is 0 Å². The lowest BCUT2D eigenvalue weighted by atomic mass is 10.3. The number of nitrogens with two attached hydrogens (primary N) is 1. The number of carbonyl (C=O) groups excluding carboxylic acids is 1. The predicted octanol–water partition coefficient (Wildman–Crippen LogP) is 0.604. The molecule has 0 amide bonds. The first-order valence-corrected chi connectivity index (χ1v) is 2.26. The highest BCUT2D eigenvalue weighted by atomic mass is 16.1. The molecule has 44 valence electrons. The molecule has 0 radical (unpaired) electrons. The maximum absolute atomic E-state index is 10.2. The van der Waals surface area contributed by atoms with E-state index >= 15 is 0 Å². The summed E-state index contributed by atoms with van der Waals surface area (Å²) in [6.45, 7) is 4.82. The Morgan fingerprint density at radius 1 is 1.62 bits per heavy atom. The van der Waals surface area contributed by atoms with Crippen molar-refractivity contribution < 1.29 is 4.79 Å². The summed E-state index contributed by atoms with van der Waals surface area (Å²) in [5.74, 6) is -0.0170. The van der Waals surface area contributed by atoms with Gasteiger partial charge in [-0.1, -0.05) is 6.58 Å². The number of carbonyl (C=O) groups is 1. The Morgan fingerprint density at radius 3 is 2.25 bits per heavy atom. The van der Waals surface area contributed by atoms with Gasteiger partial charge < -0.3 is 5.73 Å². The van der Waals surface area contributed by atoms with Gasteiger partial charge in [-0.3, -0.25) is 4.79 Å². The molecule has 0 saturated carbocycles. The number of ketones is 1. The molecule has 0 aliphatic heterocycles. The summed E-state index contributed by atoms with van der Waals surface area (Å²) < 4.78 is 0. The number of allylic oxidation sites excluding steroid dienone is 2. The van der Waals surface area contributed by atoms with E-state index in [9.17, 15) is 4.79 Å². The fourth-order valence-electron chi connectivity index (χ4n) is 0.224. The Labute approximate surface area is 48.7 Å². The van der Waals surface area contributed by atoms with E-state index in [0.717, 1.165) is 0 Å². The molecule has 0 aliphatic rings. The first-order chi connectivity index (χ1) is 3.63. The molecule has 0 aliphatic carbocycles. The van der Waals surface area contributed by atoms with Crippen LogP contribution in [0.1, 0.15) is 6.92 Å². The van der Waals surface area contributed by atoms with Crippen molar-refractivity contribution in [1.82, 2.24) is 0 Å². The van der Waals surface area contributed by atoms with Crippen LogP contribution in [-0.4, -0.2) is 5.78 Å². The van der Waals surface area contributed by atoms with Crippen molar-refractivity contribution in [3.8, 4) is 0 Å². The van der Waals surface area contributed by atoms with Gasteiger partial charge in [0.05, 0.1) is 0 Å². The quantitative estimate of drug-likeness (QED) is 0.419. The minimum atomic E-state index is -0.0170. The third-order valence-electron chi connectivity index (χ3n) is 0.532. The number of hydrogen-bond acceptors (Lipinski definition) is 2. The highest BCUT2D eigenvalue weighted by Gasteiger charge is 1.79. The monoisotopic (exact) mass is 111 g/mol. The van der Waals surface area contributed by atoms with Gasteiger partial charge >= 0.3 is 0 Å². The van der Waals surface area contributed by atoms with Gasteiger partial charge in [0.15, 0.2) is 5.78 Å². The van der Waals surface area contributed by atoms with E-state index in [2.05, 4.69) is 6.58 Å². The second kappa shape index (κ2) is 3.02. The molecular weight excluding hydrogens is 102 g/mol. The first-order valence-electron chi connectivity index (χ1n) is 2.26. The molecule has 8 heavy (non-hydrogen) atoms. The van der Waals surface area contributed by atoms with E-state index in [1.165, 1.54) is 19.1 Å². The van der Waals surface area contributed by atoms with Crippen LogP contribution in [0.3, 0.4) is 0 Å². The molecule has 0 rings (SSSR count). The van der Waals surface area contributed by atoms with Crippen molar-refractivity contribution in [2.45, 2.75) is 6.92 Å². The van der Waals surface area contributed by atoms with E-state index in [1.54, 1.807) is 0 Å². The average Bonchev–Trinajstić information content (AvgIpc) is 1.61. The average molecular weight is 111 g/mol. The van der Waals surface area contributed by atoms with Crippen LogP contribution in [0.2, 0.25) is 0 Å². The van der Waals surface area contributed by atoms with E-state index in [0.29, 0.717) is 5.70 Å². The van der Waals surface area contributed by atoms with Gasteiger partial charge in [-0.05, 0) is 19.1 Å². The van der Waals surface area contributed by atoms with Gasteiger partial charge in [-0.15, -0.1) is 0 Å². The molecule has 0 aromatic carbocycles. The van der Waals surface area contributed by atoms with E-state index < -0.39 is 0 Å². The number of rotatable bonds is 2. The van der Waals surface area contributed by atoms with Gasteiger partial charge in [-0.2, -0.15) is 0 Å². The molecule has 2 N–H and O–H groups in total. The summed E-state index contributed by atoms with van der Waals surface area (Å²) in [5, 5.41) is 0. The van der Waals surface area contributed by atoms with Crippen LogP contribution in [0.15, 0.2) is 24.4 Å². The summed E-state index contributed by atoms with van der Waals surface area (Å²) in [7, 11) is 0. The fraction of sp³-hybridized carbons (Fsp3) is 0.167. The van der Waals surface area contributed by atoms with E-state index in [1.807, 2.05) is 0 Å². The topological polar surface area (TPSA) is 43.1 Å². The molecule has 0 aromatic rings. The minimum absolute atomic E-state index is 0.0170. The van der Waals surface area contributed by atoms with Crippen LogP contribution in [0.5, 0.6) is 0 Å². The van der Waals surface area contributed by atoms with Gasteiger partial charge in [0.1, 0.15) is 0 Å². The van der Waals surface area contributed by atoms with Gasteiger partial charge in [0, 0.05) is 5.70 Å². The van der Waals surface area contributed by atoms with Crippen molar-refractivity contribution in [1.29, 1.82) is 0 Å².